The number of aryl methyl sites for hydroxylation is 1. The van der Waals surface area contributed by atoms with Crippen LogP contribution in [0.25, 0.3) is 0 Å². The zero-order valence-corrected chi connectivity index (χ0v) is 11.5. The third-order valence-corrected chi connectivity index (χ3v) is 3.05. The summed E-state index contributed by atoms with van der Waals surface area (Å²) in [6.07, 6.45) is 2.36. The smallest absolute Gasteiger partial charge is 0.337 e. The van der Waals surface area contributed by atoms with Gasteiger partial charge in [0.05, 0.1) is 11.3 Å². The largest absolute Gasteiger partial charge is 0.478 e. The van der Waals surface area contributed by atoms with Gasteiger partial charge in [0.1, 0.15) is 0 Å². The Balaban J connectivity index is 1.77. The number of carboxylic acids is 1. The van der Waals surface area contributed by atoms with Crippen molar-refractivity contribution >= 4 is 5.97 Å². The second kappa shape index (κ2) is 6.82. The number of carbonyl (C=O) groups is 1. The van der Waals surface area contributed by atoms with E-state index in [2.05, 4.69) is 41.5 Å². The SMILES string of the molecule is Cc1cccc(CCNCc2ccc(C(=O)O)cn2)c1. The number of aromatic nitrogens is 1. The van der Waals surface area contributed by atoms with Crippen molar-refractivity contribution in [3.8, 4) is 0 Å². The van der Waals surface area contributed by atoms with E-state index in [1.54, 1.807) is 12.1 Å². The molecule has 0 radical (unpaired) electrons. The average Bonchev–Trinajstić information content (AvgIpc) is 2.44. The fourth-order valence-corrected chi connectivity index (χ4v) is 1.97. The summed E-state index contributed by atoms with van der Waals surface area (Å²) < 4.78 is 0. The molecular formula is C16H18N2O2. The van der Waals surface area contributed by atoms with E-state index in [0.717, 1.165) is 18.7 Å². The molecule has 0 aliphatic heterocycles. The van der Waals surface area contributed by atoms with E-state index < -0.39 is 5.97 Å². The van der Waals surface area contributed by atoms with Gasteiger partial charge in [-0.25, -0.2) is 4.79 Å². The minimum Gasteiger partial charge on any atom is -0.478 e. The van der Waals surface area contributed by atoms with Crippen LogP contribution in [0, 0.1) is 6.92 Å². The highest BCUT2D eigenvalue weighted by molar-refractivity contribution is 5.87. The monoisotopic (exact) mass is 270 g/mol. The van der Waals surface area contributed by atoms with Gasteiger partial charge in [-0.05, 0) is 37.6 Å². The molecule has 0 aliphatic carbocycles. The van der Waals surface area contributed by atoms with Gasteiger partial charge in [0, 0.05) is 12.7 Å². The van der Waals surface area contributed by atoms with Crippen LogP contribution in [0.3, 0.4) is 0 Å². The van der Waals surface area contributed by atoms with Crippen LogP contribution in [0.2, 0.25) is 0 Å². The standard InChI is InChI=1S/C16H18N2O2/c1-12-3-2-4-13(9-12)7-8-17-11-15-6-5-14(10-18-15)16(19)20/h2-6,9-10,17H,7-8,11H2,1H3,(H,19,20). The second-order valence-electron chi connectivity index (χ2n) is 4.76. The predicted octanol–water partition coefficient (Wildman–Crippen LogP) is 2.42. The molecular weight excluding hydrogens is 252 g/mol. The first-order chi connectivity index (χ1) is 9.65. The minimum absolute atomic E-state index is 0.216. The Hall–Kier alpha value is -2.20. The van der Waals surface area contributed by atoms with Gasteiger partial charge in [0.2, 0.25) is 0 Å². The topological polar surface area (TPSA) is 62.2 Å². The zero-order chi connectivity index (χ0) is 14.4. The molecule has 0 saturated heterocycles. The molecule has 4 heteroatoms. The summed E-state index contributed by atoms with van der Waals surface area (Å²) in [4.78, 5) is 14.8. The summed E-state index contributed by atoms with van der Waals surface area (Å²) in [5.74, 6) is -0.948. The molecule has 20 heavy (non-hydrogen) atoms. The Morgan fingerprint density at radius 3 is 2.80 bits per heavy atom. The van der Waals surface area contributed by atoms with E-state index in [1.165, 1.54) is 17.3 Å². The lowest BCUT2D eigenvalue weighted by molar-refractivity contribution is 0.0696. The van der Waals surface area contributed by atoms with E-state index in [-0.39, 0.29) is 5.56 Å². The maximum absolute atomic E-state index is 10.7. The summed E-state index contributed by atoms with van der Waals surface area (Å²) in [6.45, 7) is 3.60. The Labute approximate surface area is 118 Å². The number of pyridine rings is 1. The molecule has 2 rings (SSSR count). The first-order valence-corrected chi connectivity index (χ1v) is 6.59. The number of carboxylic acid groups (broad SMARTS) is 1. The van der Waals surface area contributed by atoms with Crippen LogP contribution >= 0.6 is 0 Å². The molecule has 1 aromatic heterocycles. The lowest BCUT2D eigenvalue weighted by Crippen LogP contribution is -2.17. The van der Waals surface area contributed by atoms with Crippen LogP contribution in [-0.4, -0.2) is 22.6 Å². The Morgan fingerprint density at radius 2 is 2.15 bits per heavy atom. The molecule has 0 bridgehead atoms. The van der Waals surface area contributed by atoms with Gasteiger partial charge in [0.25, 0.3) is 0 Å². The van der Waals surface area contributed by atoms with Gasteiger partial charge in [0.15, 0.2) is 0 Å². The lowest BCUT2D eigenvalue weighted by Gasteiger charge is -2.05. The lowest BCUT2D eigenvalue weighted by atomic mass is 10.1. The van der Waals surface area contributed by atoms with Gasteiger partial charge in [-0.15, -0.1) is 0 Å². The van der Waals surface area contributed by atoms with Crippen molar-refractivity contribution in [2.24, 2.45) is 0 Å². The van der Waals surface area contributed by atoms with Crippen molar-refractivity contribution in [1.82, 2.24) is 10.3 Å². The molecule has 2 aromatic rings. The summed E-state index contributed by atoms with van der Waals surface area (Å²) in [5.41, 5.74) is 3.65. The van der Waals surface area contributed by atoms with Gasteiger partial charge < -0.3 is 10.4 Å². The fraction of sp³-hybridized carbons (Fsp3) is 0.250. The number of aromatic carboxylic acids is 1. The maximum Gasteiger partial charge on any atom is 0.337 e. The number of nitrogens with zero attached hydrogens (tertiary/aromatic N) is 1. The number of benzene rings is 1. The van der Waals surface area contributed by atoms with Crippen molar-refractivity contribution in [3.05, 3.63) is 65.0 Å². The first kappa shape index (κ1) is 14.2. The van der Waals surface area contributed by atoms with Gasteiger partial charge in [-0.3, -0.25) is 4.98 Å². The highest BCUT2D eigenvalue weighted by Gasteiger charge is 2.02. The van der Waals surface area contributed by atoms with E-state index in [4.69, 9.17) is 5.11 Å². The van der Waals surface area contributed by atoms with E-state index in [1.807, 2.05) is 0 Å². The Bertz CT molecular complexity index is 579. The fourth-order valence-electron chi connectivity index (χ4n) is 1.97. The molecule has 0 saturated carbocycles. The molecule has 0 atom stereocenters. The Morgan fingerprint density at radius 1 is 1.30 bits per heavy atom. The third kappa shape index (κ3) is 4.17. The summed E-state index contributed by atoms with van der Waals surface area (Å²) in [7, 11) is 0. The number of hydrogen-bond acceptors (Lipinski definition) is 3. The molecule has 0 fully saturated rings. The van der Waals surface area contributed by atoms with Crippen LogP contribution in [0.5, 0.6) is 0 Å². The van der Waals surface area contributed by atoms with Crippen molar-refractivity contribution in [2.45, 2.75) is 19.9 Å². The van der Waals surface area contributed by atoms with Crippen molar-refractivity contribution < 1.29 is 9.90 Å². The molecule has 2 N–H and O–H groups in total. The molecule has 104 valence electrons. The predicted molar refractivity (Wildman–Crippen MR) is 77.8 cm³/mol. The Kier molecular flexibility index (Phi) is 4.85. The number of hydrogen-bond donors (Lipinski definition) is 2. The van der Waals surface area contributed by atoms with E-state index in [0.29, 0.717) is 6.54 Å². The molecule has 0 aliphatic rings. The van der Waals surface area contributed by atoms with E-state index in [9.17, 15) is 4.79 Å². The van der Waals surface area contributed by atoms with Crippen LogP contribution in [0.15, 0.2) is 42.6 Å². The maximum atomic E-state index is 10.7. The normalized spacial score (nSPS) is 10.4. The van der Waals surface area contributed by atoms with Crippen LogP contribution in [-0.2, 0) is 13.0 Å². The quantitative estimate of drug-likeness (QED) is 0.791. The summed E-state index contributed by atoms with van der Waals surface area (Å²) >= 11 is 0. The first-order valence-electron chi connectivity index (χ1n) is 6.59. The molecule has 1 aromatic carbocycles. The molecule has 4 nitrogen and oxygen atoms in total. The van der Waals surface area contributed by atoms with Crippen LogP contribution in [0.4, 0.5) is 0 Å². The zero-order valence-electron chi connectivity index (χ0n) is 11.5. The van der Waals surface area contributed by atoms with Gasteiger partial charge >= 0.3 is 5.97 Å². The van der Waals surface area contributed by atoms with Crippen molar-refractivity contribution in [2.75, 3.05) is 6.54 Å². The van der Waals surface area contributed by atoms with Crippen LogP contribution < -0.4 is 5.32 Å². The highest BCUT2D eigenvalue weighted by atomic mass is 16.4. The van der Waals surface area contributed by atoms with Crippen molar-refractivity contribution in [3.63, 3.8) is 0 Å². The van der Waals surface area contributed by atoms with Crippen LogP contribution in [0.1, 0.15) is 27.2 Å². The summed E-state index contributed by atoms with van der Waals surface area (Å²) in [6, 6.07) is 11.8. The van der Waals surface area contributed by atoms with Crippen molar-refractivity contribution in [1.29, 1.82) is 0 Å². The van der Waals surface area contributed by atoms with Gasteiger partial charge in [-0.1, -0.05) is 29.8 Å². The molecule has 0 spiro atoms. The highest BCUT2D eigenvalue weighted by Crippen LogP contribution is 2.04. The molecule has 0 unspecified atom stereocenters. The molecule has 0 amide bonds. The summed E-state index contributed by atoms with van der Waals surface area (Å²) in [5, 5.41) is 12.1. The molecule has 1 heterocycles. The number of nitrogens with one attached hydrogen (secondary N) is 1. The van der Waals surface area contributed by atoms with E-state index >= 15 is 0 Å². The second-order valence-corrected chi connectivity index (χ2v) is 4.76. The number of rotatable bonds is 6. The minimum atomic E-state index is -0.948. The average molecular weight is 270 g/mol. The third-order valence-electron chi connectivity index (χ3n) is 3.05. The van der Waals surface area contributed by atoms with Gasteiger partial charge in [-0.2, -0.15) is 0 Å².